The van der Waals surface area contributed by atoms with Gasteiger partial charge in [0.15, 0.2) is 11.5 Å². The molecule has 0 heterocycles. The summed E-state index contributed by atoms with van der Waals surface area (Å²) >= 11 is 0. The van der Waals surface area contributed by atoms with Crippen LogP contribution in [0.15, 0.2) is 72.8 Å². The summed E-state index contributed by atoms with van der Waals surface area (Å²) in [6.07, 6.45) is 0. The van der Waals surface area contributed by atoms with E-state index in [4.69, 9.17) is 18.9 Å². The summed E-state index contributed by atoms with van der Waals surface area (Å²) in [7, 11) is 6.41. The van der Waals surface area contributed by atoms with Gasteiger partial charge in [0.2, 0.25) is 5.75 Å². The predicted molar refractivity (Wildman–Crippen MR) is 135 cm³/mol. The maximum absolute atomic E-state index is 5.42. The first-order chi connectivity index (χ1) is 16.6. The molecular weight excluding hydrogens is 424 g/mol. The number of ether oxygens (including phenoxy) is 4. The van der Waals surface area contributed by atoms with Crippen LogP contribution >= 0.6 is 0 Å². The van der Waals surface area contributed by atoms with Crippen molar-refractivity contribution in [1.29, 1.82) is 0 Å². The molecule has 0 saturated carbocycles. The van der Waals surface area contributed by atoms with Gasteiger partial charge < -0.3 is 18.9 Å². The summed E-state index contributed by atoms with van der Waals surface area (Å²) in [6, 6.07) is 23.7. The van der Waals surface area contributed by atoms with E-state index < -0.39 is 0 Å². The lowest BCUT2D eigenvalue weighted by molar-refractivity contribution is 0.324. The van der Waals surface area contributed by atoms with Crippen LogP contribution in [0.2, 0.25) is 0 Å². The molecule has 4 aromatic rings. The lowest BCUT2D eigenvalue weighted by Gasteiger charge is -2.12. The summed E-state index contributed by atoms with van der Waals surface area (Å²) in [5, 5.41) is 2.21. The molecule has 0 atom stereocenters. The minimum Gasteiger partial charge on any atom is -0.497 e. The number of hydrogen-bond donors (Lipinski definition) is 0. The zero-order valence-electron chi connectivity index (χ0n) is 19.6. The van der Waals surface area contributed by atoms with Gasteiger partial charge in [0.25, 0.3) is 0 Å². The summed E-state index contributed by atoms with van der Waals surface area (Å²) in [6.45, 7) is 0. The Morgan fingerprint density at radius 1 is 0.441 bits per heavy atom. The molecule has 4 heteroatoms. The molecule has 0 amide bonds. The summed E-state index contributed by atoms with van der Waals surface area (Å²) in [4.78, 5) is 0. The van der Waals surface area contributed by atoms with Crippen molar-refractivity contribution in [3.05, 3.63) is 95.1 Å². The van der Waals surface area contributed by atoms with Crippen molar-refractivity contribution >= 4 is 10.8 Å². The van der Waals surface area contributed by atoms with Gasteiger partial charge in [-0.2, -0.15) is 0 Å². The lowest BCUT2D eigenvalue weighted by atomic mass is 10.0. The van der Waals surface area contributed by atoms with Gasteiger partial charge in [-0.15, -0.1) is 0 Å². The summed E-state index contributed by atoms with van der Waals surface area (Å²) < 4.78 is 21.4. The Kier molecular flexibility index (Phi) is 6.92. The van der Waals surface area contributed by atoms with Crippen molar-refractivity contribution in [3.63, 3.8) is 0 Å². The van der Waals surface area contributed by atoms with Crippen LogP contribution < -0.4 is 18.9 Å². The third-order valence-electron chi connectivity index (χ3n) is 5.30. The van der Waals surface area contributed by atoms with E-state index >= 15 is 0 Å². The Hall–Kier alpha value is -4.54. The fourth-order valence-corrected chi connectivity index (χ4v) is 3.52. The minimum absolute atomic E-state index is 0.546. The molecule has 0 aliphatic heterocycles. The molecule has 168 valence electrons. The second-order valence-electron chi connectivity index (χ2n) is 7.42. The Labute approximate surface area is 200 Å². The average molecular weight is 449 g/mol. The number of rotatable bonds is 4. The SMILES string of the molecule is COc1ccc(C#Cc2ccc3ccc(C#Cc4cc(OC)c(OC)c(OC)c4)cc3c2)cc1. The molecule has 0 bridgehead atoms. The van der Waals surface area contributed by atoms with E-state index in [9.17, 15) is 0 Å². The van der Waals surface area contributed by atoms with Gasteiger partial charge in [-0.25, -0.2) is 0 Å². The smallest absolute Gasteiger partial charge is 0.203 e. The van der Waals surface area contributed by atoms with Crippen LogP contribution in [-0.4, -0.2) is 28.4 Å². The second-order valence-corrected chi connectivity index (χ2v) is 7.42. The minimum atomic E-state index is 0.546. The molecular formula is C30H24O4. The van der Waals surface area contributed by atoms with E-state index in [1.807, 2.05) is 48.5 Å². The Balaban J connectivity index is 1.62. The summed E-state index contributed by atoms with van der Waals surface area (Å²) in [5.74, 6) is 15.4. The van der Waals surface area contributed by atoms with Crippen LogP contribution in [0.4, 0.5) is 0 Å². The van der Waals surface area contributed by atoms with E-state index in [1.165, 1.54) is 0 Å². The van der Waals surface area contributed by atoms with Gasteiger partial charge in [-0.1, -0.05) is 35.8 Å². The van der Waals surface area contributed by atoms with Crippen molar-refractivity contribution in [1.82, 2.24) is 0 Å². The molecule has 0 fully saturated rings. The van der Waals surface area contributed by atoms with Crippen molar-refractivity contribution in [2.45, 2.75) is 0 Å². The molecule has 4 rings (SSSR count). The molecule has 4 nitrogen and oxygen atoms in total. The van der Waals surface area contributed by atoms with Crippen molar-refractivity contribution in [3.8, 4) is 46.7 Å². The number of methoxy groups -OCH3 is 4. The molecule has 34 heavy (non-hydrogen) atoms. The third kappa shape index (κ3) is 5.09. The average Bonchev–Trinajstić information content (AvgIpc) is 2.89. The van der Waals surface area contributed by atoms with Crippen molar-refractivity contribution < 1.29 is 18.9 Å². The highest BCUT2D eigenvalue weighted by atomic mass is 16.5. The fraction of sp³-hybridized carbons (Fsp3) is 0.133. The number of hydrogen-bond acceptors (Lipinski definition) is 4. The zero-order chi connectivity index (χ0) is 23.9. The first kappa shape index (κ1) is 22.6. The first-order valence-corrected chi connectivity index (χ1v) is 10.7. The lowest BCUT2D eigenvalue weighted by Crippen LogP contribution is -1.95. The molecule has 0 spiro atoms. The van der Waals surface area contributed by atoms with Crippen LogP contribution in [0.1, 0.15) is 22.3 Å². The second kappa shape index (κ2) is 10.4. The fourth-order valence-electron chi connectivity index (χ4n) is 3.52. The maximum Gasteiger partial charge on any atom is 0.203 e. The highest BCUT2D eigenvalue weighted by molar-refractivity contribution is 5.85. The zero-order valence-corrected chi connectivity index (χ0v) is 19.6. The largest absolute Gasteiger partial charge is 0.497 e. The molecule has 0 N–H and O–H groups in total. The molecule has 4 aromatic carbocycles. The van der Waals surface area contributed by atoms with Gasteiger partial charge in [0, 0.05) is 22.3 Å². The van der Waals surface area contributed by atoms with E-state index in [0.717, 1.165) is 38.8 Å². The number of benzene rings is 4. The Morgan fingerprint density at radius 2 is 0.941 bits per heavy atom. The van der Waals surface area contributed by atoms with Crippen molar-refractivity contribution in [2.75, 3.05) is 28.4 Å². The first-order valence-electron chi connectivity index (χ1n) is 10.7. The quantitative estimate of drug-likeness (QED) is 0.377. The van der Waals surface area contributed by atoms with Crippen LogP contribution in [0.5, 0.6) is 23.0 Å². The van der Waals surface area contributed by atoms with Crippen LogP contribution in [-0.2, 0) is 0 Å². The summed E-state index contributed by atoms with van der Waals surface area (Å²) in [5.41, 5.74) is 3.55. The predicted octanol–water partition coefficient (Wildman–Crippen LogP) is 5.67. The van der Waals surface area contributed by atoms with E-state index in [1.54, 1.807) is 28.4 Å². The highest BCUT2D eigenvalue weighted by Crippen LogP contribution is 2.38. The van der Waals surface area contributed by atoms with Crippen LogP contribution in [0, 0.1) is 23.7 Å². The Morgan fingerprint density at radius 3 is 1.44 bits per heavy atom. The van der Waals surface area contributed by atoms with Crippen LogP contribution in [0.25, 0.3) is 10.8 Å². The third-order valence-corrected chi connectivity index (χ3v) is 5.30. The molecule has 0 saturated heterocycles. The highest BCUT2D eigenvalue weighted by Gasteiger charge is 2.12. The van der Waals surface area contributed by atoms with Crippen LogP contribution in [0.3, 0.4) is 0 Å². The van der Waals surface area contributed by atoms with Gasteiger partial charge in [0.1, 0.15) is 5.75 Å². The topological polar surface area (TPSA) is 36.9 Å². The normalized spacial score (nSPS) is 9.88. The van der Waals surface area contributed by atoms with E-state index in [-0.39, 0.29) is 0 Å². The van der Waals surface area contributed by atoms with E-state index in [2.05, 4.69) is 47.9 Å². The van der Waals surface area contributed by atoms with Crippen molar-refractivity contribution in [2.24, 2.45) is 0 Å². The molecule has 0 aliphatic rings. The molecule has 0 radical (unpaired) electrons. The van der Waals surface area contributed by atoms with Gasteiger partial charge in [-0.05, 0) is 71.4 Å². The van der Waals surface area contributed by atoms with E-state index in [0.29, 0.717) is 17.2 Å². The molecule has 0 aliphatic carbocycles. The standard InChI is InChI=1S/C30H24O4/c1-31-27-15-11-21(12-16-27)5-6-22-9-13-25-14-10-23(18-26(25)17-22)7-8-24-19-28(32-2)30(34-4)29(20-24)33-3/h9-20H,1-4H3. The van der Waals surface area contributed by atoms with Gasteiger partial charge >= 0.3 is 0 Å². The number of fused-ring (bicyclic) bond motifs is 1. The van der Waals surface area contributed by atoms with Gasteiger partial charge in [0.05, 0.1) is 28.4 Å². The monoisotopic (exact) mass is 448 g/mol. The molecule has 0 aromatic heterocycles. The maximum atomic E-state index is 5.42. The molecule has 0 unspecified atom stereocenters. The van der Waals surface area contributed by atoms with Gasteiger partial charge in [-0.3, -0.25) is 0 Å². The Bertz CT molecular complexity index is 1420.